The van der Waals surface area contributed by atoms with Gasteiger partial charge < -0.3 is 4.90 Å². The Morgan fingerprint density at radius 1 is 0.857 bits per heavy atom. The Morgan fingerprint density at radius 2 is 1.49 bits per heavy atom. The fraction of sp³-hybridized carbons (Fsp3) is 0.240. The van der Waals surface area contributed by atoms with Crippen LogP contribution in [0, 0.1) is 0 Å². The van der Waals surface area contributed by atoms with Gasteiger partial charge in [0.2, 0.25) is 15.9 Å². The van der Waals surface area contributed by atoms with Gasteiger partial charge in [-0.15, -0.1) is 0 Å². The van der Waals surface area contributed by atoms with Crippen LogP contribution in [-0.2, 0) is 27.9 Å². The maximum Gasteiger partial charge on any atom is 0.331 e. The lowest BCUT2D eigenvalue weighted by Gasteiger charge is -2.33. The Morgan fingerprint density at radius 3 is 2.14 bits per heavy atom. The minimum absolute atomic E-state index is 0.134. The first-order valence-electron chi connectivity index (χ1n) is 11.2. The van der Waals surface area contributed by atoms with Crippen LogP contribution in [0.3, 0.4) is 0 Å². The first kappa shape index (κ1) is 24.4. The van der Waals surface area contributed by atoms with E-state index < -0.39 is 33.7 Å². The molecule has 182 valence electrons. The topological polar surface area (TPSA) is 102 Å². The lowest BCUT2D eigenvalue weighted by molar-refractivity contribution is -0.133. The fourth-order valence-corrected chi connectivity index (χ4v) is 5.02. The molecule has 10 heteroatoms. The van der Waals surface area contributed by atoms with Gasteiger partial charge in [-0.3, -0.25) is 18.7 Å². The monoisotopic (exact) mass is 494 g/mol. The summed E-state index contributed by atoms with van der Waals surface area (Å²) in [5.74, 6) is -0.404. The molecule has 0 unspecified atom stereocenters. The molecule has 0 atom stereocenters. The van der Waals surface area contributed by atoms with E-state index in [0.29, 0.717) is 0 Å². The van der Waals surface area contributed by atoms with Crippen LogP contribution in [0.15, 0.2) is 87.9 Å². The highest BCUT2D eigenvalue weighted by atomic mass is 32.2. The summed E-state index contributed by atoms with van der Waals surface area (Å²) in [6.45, 7) is 0.507. The van der Waals surface area contributed by atoms with E-state index >= 15 is 0 Å². The van der Waals surface area contributed by atoms with Crippen molar-refractivity contribution in [1.29, 1.82) is 0 Å². The minimum atomic E-state index is -3.63. The SMILES string of the molecule is O=C(Cn1c(=O)ccn(Cc2ccccc2)c1=O)N1CCN(S(=O)(=O)C=Cc2ccccc2)CC1. The molecule has 1 aliphatic heterocycles. The molecule has 1 aliphatic rings. The molecule has 0 aliphatic carbocycles. The van der Waals surface area contributed by atoms with Crippen molar-refractivity contribution >= 4 is 22.0 Å². The highest BCUT2D eigenvalue weighted by molar-refractivity contribution is 7.92. The van der Waals surface area contributed by atoms with Gasteiger partial charge in [-0.05, 0) is 17.2 Å². The maximum absolute atomic E-state index is 12.8. The van der Waals surface area contributed by atoms with Crippen molar-refractivity contribution < 1.29 is 13.2 Å². The second-order valence-corrected chi connectivity index (χ2v) is 9.99. The van der Waals surface area contributed by atoms with Gasteiger partial charge >= 0.3 is 5.69 Å². The highest BCUT2D eigenvalue weighted by Gasteiger charge is 2.27. The Kier molecular flexibility index (Phi) is 7.42. The third kappa shape index (κ3) is 6.03. The molecule has 0 saturated carbocycles. The molecule has 0 spiro atoms. The molecule has 1 fully saturated rings. The van der Waals surface area contributed by atoms with Gasteiger partial charge in [0.1, 0.15) is 6.54 Å². The average Bonchev–Trinajstić information content (AvgIpc) is 2.88. The van der Waals surface area contributed by atoms with Crippen LogP contribution >= 0.6 is 0 Å². The molecule has 1 aromatic heterocycles. The third-order valence-corrected chi connectivity index (χ3v) is 7.38. The second-order valence-electron chi connectivity index (χ2n) is 8.17. The molecule has 9 nitrogen and oxygen atoms in total. The van der Waals surface area contributed by atoms with Gasteiger partial charge in [0.05, 0.1) is 6.54 Å². The number of hydrogen-bond donors (Lipinski definition) is 0. The Labute approximate surface area is 203 Å². The summed E-state index contributed by atoms with van der Waals surface area (Å²) < 4.78 is 28.9. The van der Waals surface area contributed by atoms with E-state index in [1.807, 2.05) is 60.7 Å². The van der Waals surface area contributed by atoms with Crippen molar-refractivity contribution in [3.8, 4) is 0 Å². The fourth-order valence-electron chi connectivity index (χ4n) is 3.84. The number of sulfonamides is 1. The Balaban J connectivity index is 1.39. The van der Waals surface area contributed by atoms with Crippen LogP contribution in [0.25, 0.3) is 6.08 Å². The largest absolute Gasteiger partial charge is 0.338 e. The lowest BCUT2D eigenvalue weighted by atomic mass is 10.2. The number of carbonyl (C=O) groups is 1. The summed E-state index contributed by atoms with van der Waals surface area (Å²) in [5.41, 5.74) is 0.544. The summed E-state index contributed by atoms with van der Waals surface area (Å²) in [5, 5.41) is 1.17. The van der Waals surface area contributed by atoms with Crippen LogP contribution in [-0.4, -0.2) is 58.8 Å². The van der Waals surface area contributed by atoms with Gasteiger partial charge in [-0.25, -0.2) is 13.2 Å². The molecule has 2 heterocycles. The number of hydrogen-bond acceptors (Lipinski definition) is 5. The highest BCUT2D eigenvalue weighted by Crippen LogP contribution is 2.12. The molecule has 3 aromatic rings. The summed E-state index contributed by atoms with van der Waals surface area (Å²) in [6.07, 6.45) is 2.96. The summed E-state index contributed by atoms with van der Waals surface area (Å²) in [4.78, 5) is 39.5. The molecule has 2 aromatic carbocycles. The van der Waals surface area contributed by atoms with Crippen molar-refractivity contribution in [1.82, 2.24) is 18.3 Å². The molecule has 35 heavy (non-hydrogen) atoms. The van der Waals surface area contributed by atoms with E-state index in [0.717, 1.165) is 15.7 Å². The summed E-state index contributed by atoms with van der Waals surface area (Å²) in [7, 11) is -3.63. The van der Waals surface area contributed by atoms with Gasteiger partial charge in [0.25, 0.3) is 5.56 Å². The quantitative estimate of drug-likeness (QED) is 0.491. The number of rotatable bonds is 7. The zero-order chi connectivity index (χ0) is 24.8. The van der Waals surface area contributed by atoms with Crippen LogP contribution in [0.5, 0.6) is 0 Å². The molecule has 0 bridgehead atoms. The molecule has 0 radical (unpaired) electrons. The number of amides is 1. The van der Waals surface area contributed by atoms with E-state index in [2.05, 4.69) is 0 Å². The zero-order valence-corrected chi connectivity index (χ0v) is 19.9. The minimum Gasteiger partial charge on any atom is -0.338 e. The molecular weight excluding hydrogens is 468 g/mol. The van der Waals surface area contributed by atoms with Gasteiger partial charge in [0.15, 0.2) is 0 Å². The van der Waals surface area contributed by atoms with Crippen molar-refractivity contribution in [2.45, 2.75) is 13.1 Å². The van der Waals surface area contributed by atoms with Gasteiger partial charge in [0, 0.05) is 43.9 Å². The van der Waals surface area contributed by atoms with Crippen molar-refractivity contribution in [3.05, 3.63) is 110 Å². The van der Waals surface area contributed by atoms with Crippen molar-refractivity contribution in [2.24, 2.45) is 0 Å². The number of nitrogens with zero attached hydrogens (tertiary/aromatic N) is 4. The van der Waals surface area contributed by atoms with E-state index in [4.69, 9.17) is 0 Å². The van der Waals surface area contributed by atoms with E-state index in [1.165, 1.54) is 37.5 Å². The summed E-state index contributed by atoms with van der Waals surface area (Å²) >= 11 is 0. The lowest BCUT2D eigenvalue weighted by Crippen LogP contribution is -2.52. The first-order valence-corrected chi connectivity index (χ1v) is 12.7. The van der Waals surface area contributed by atoms with Crippen molar-refractivity contribution in [3.63, 3.8) is 0 Å². The van der Waals surface area contributed by atoms with Crippen LogP contribution in [0.4, 0.5) is 0 Å². The second kappa shape index (κ2) is 10.7. The predicted octanol–water partition coefficient (Wildman–Crippen LogP) is 1.20. The zero-order valence-electron chi connectivity index (χ0n) is 19.1. The maximum atomic E-state index is 12.8. The first-order chi connectivity index (χ1) is 16.8. The molecule has 1 saturated heterocycles. The predicted molar refractivity (Wildman–Crippen MR) is 133 cm³/mol. The Bertz CT molecular complexity index is 1420. The number of aromatic nitrogens is 2. The summed E-state index contributed by atoms with van der Waals surface area (Å²) in [6, 6.07) is 19.7. The molecule has 0 N–H and O–H groups in total. The van der Waals surface area contributed by atoms with Gasteiger partial charge in [-0.1, -0.05) is 60.7 Å². The number of piperazine rings is 1. The number of benzene rings is 2. The smallest absolute Gasteiger partial charge is 0.331 e. The van der Waals surface area contributed by atoms with Crippen LogP contribution in [0.2, 0.25) is 0 Å². The molecular formula is C25H26N4O5S. The molecule has 4 rings (SSSR count). The third-order valence-electron chi connectivity index (χ3n) is 5.81. The standard InChI is InChI=1S/C25H26N4O5S/c30-23-11-13-27(19-22-9-5-2-6-10-22)25(32)29(23)20-24(31)26-14-16-28(17-15-26)35(33,34)18-12-21-7-3-1-4-8-21/h1-13,18H,14-17,19-20H2. The van der Waals surface area contributed by atoms with Gasteiger partial charge in [-0.2, -0.15) is 4.31 Å². The van der Waals surface area contributed by atoms with Crippen LogP contribution in [0.1, 0.15) is 11.1 Å². The van der Waals surface area contributed by atoms with E-state index in [-0.39, 0.29) is 32.7 Å². The Hall–Kier alpha value is -3.76. The normalized spacial score (nSPS) is 14.9. The molecule has 1 amide bonds. The van der Waals surface area contributed by atoms with Crippen molar-refractivity contribution in [2.75, 3.05) is 26.2 Å². The number of carbonyl (C=O) groups excluding carboxylic acids is 1. The average molecular weight is 495 g/mol. The van der Waals surface area contributed by atoms with E-state index in [9.17, 15) is 22.8 Å². The van der Waals surface area contributed by atoms with E-state index in [1.54, 1.807) is 0 Å². The van der Waals surface area contributed by atoms with Crippen LogP contribution < -0.4 is 11.2 Å².